The Morgan fingerprint density at radius 2 is 2.16 bits per heavy atom. The van der Waals surface area contributed by atoms with Gasteiger partial charge in [0.2, 0.25) is 0 Å². The number of benzene rings is 1. The molecule has 0 fully saturated rings. The van der Waals surface area contributed by atoms with E-state index in [9.17, 15) is 4.79 Å². The molecular weight excluding hydrogens is 379 g/mol. The lowest BCUT2D eigenvalue weighted by molar-refractivity contribution is 0.0954. The average Bonchev–Trinajstić information content (AvgIpc) is 3.13. The maximum Gasteiger partial charge on any atom is 0.261 e. The van der Waals surface area contributed by atoms with Crippen molar-refractivity contribution < 1.29 is 4.79 Å². The summed E-state index contributed by atoms with van der Waals surface area (Å²) in [5.41, 5.74) is 1.78. The molecule has 0 bridgehead atoms. The highest BCUT2D eigenvalue weighted by molar-refractivity contribution is 7.20. The molecule has 0 spiro atoms. The van der Waals surface area contributed by atoms with Crippen molar-refractivity contribution in [3.05, 3.63) is 45.9 Å². The monoisotopic (exact) mass is 398 g/mol. The molecule has 0 aliphatic rings. The maximum atomic E-state index is 12.4. The number of likely N-dealkylation sites (N-methyl/N-ethyl adjacent to an activating group) is 1. The smallest absolute Gasteiger partial charge is 0.261 e. The predicted molar refractivity (Wildman–Crippen MR) is 107 cm³/mol. The first-order valence-corrected chi connectivity index (χ1v) is 8.89. The number of nitrogens with zero attached hydrogens (tertiary/aromatic N) is 2. The molecule has 1 amide bonds. The summed E-state index contributed by atoms with van der Waals surface area (Å²) in [5, 5.41) is 12.3. The molecule has 3 aromatic rings. The highest BCUT2D eigenvalue weighted by Gasteiger charge is 2.17. The van der Waals surface area contributed by atoms with E-state index in [2.05, 4.69) is 15.7 Å². The fourth-order valence-corrected chi connectivity index (χ4v) is 3.66. The van der Waals surface area contributed by atoms with Crippen molar-refractivity contribution in [3.8, 4) is 5.69 Å². The minimum absolute atomic E-state index is 0. The van der Waals surface area contributed by atoms with Gasteiger partial charge in [0.15, 0.2) is 0 Å². The van der Waals surface area contributed by atoms with Gasteiger partial charge in [-0.1, -0.05) is 17.7 Å². The molecule has 8 heteroatoms. The van der Waals surface area contributed by atoms with Gasteiger partial charge in [0, 0.05) is 23.0 Å². The fourth-order valence-electron chi connectivity index (χ4n) is 2.38. The number of hydrogen-bond acceptors (Lipinski definition) is 4. The molecule has 2 N–H and O–H groups in total. The summed E-state index contributed by atoms with van der Waals surface area (Å²) >= 11 is 7.52. The van der Waals surface area contributed by atoms with Crippen molar-refractivity contribution >= 4 is 51.5 Å². The predicted octanol–water partition coefficient (Wildman–Crippen LogP) is 3.81. The van der Waals surface area contributed by atoms with Gasteiger partial charge in [-0.05, 0) is 45.2 Å². The van der Waals surface area contributed by atoms with E-state index in [0.717, 1.165) is 21.6 Å². The van der Waals surface area contributed by atoms with Gasteiger partial charge in [-0.2, -0.15) is 5.10 Å². The molecule has 134 valence electrons. The zero-order chi connectivity index (χ0) is 17.3. The van der Waals surface area contributed by atoms with E-state index in [-0.39, 0.29) is 24.4 Å². The molecular formula is C17H20Cl2N4OS. The molecule has 2 heterocycles. The number of amides is 1. The molecule has 0 saturated heterocycles. The summed E-state index contributed by atoms with van der Waals surface area (Å²) in [6.07, 6.45) is 0. The van der Waals surface area contributed by atoms with Gasteiger partial charge < -0.3 is 10.6 Å². The Kier molecular flexibility index (Phi) is 6.46. The normalized spacial score (nSPS) is 12.0. The second-order valence-electron chi connectivity index (χ2n) is 5.71. The van der Waals surface area contributed by atoms with Gasteiger partial charge in [-0.3, -0.25) is 4.79 Å². The summed E-state index contributed by atoms with van der Waals surface area (Å²) in [7, 11) is 1.87. The SMILES string of the molecule is CNC(C)CNC(=O)c1cc2c(C)nn(-c3cccc(Cl)c3)c2s1.Cl. The van der Waals surface area contributed by atoms with Crippen molar-refractivity contribution in [1.29, 1.82) is 0 Å². The number of fused-ring (bicyclic) bond motifs is 1. The Morgan fingerprint density at radius 1 is 1.40 bits per heavy atom. The topological polar surface area (TPSA) is 58.9 Å². The van der Waals surface area contributed by atoms with E-state index in [1.165, 1.54) is 11.3 Å². The Balaban J connectivity index is 0.00000225. The molecule has 1 unspecified atom stereocenters. The first kappa shape index (κ1) is 19.7. The minimum Gasteiger partial charge on any atom is -0.350 e. The fraction of sp³-hybridized carbons (Fsp3) is 0.294. The second-order valence-corrected chi connectivity index (χ2v) is 7.17. The molecule has 0 aliphatic carbocycles. The van der Waals surface area contributed by atoms with E-state index in [0.29, 0.717) is 16.4 Å². The first-order valence-electron chi connectivity index (χ1n) is 7.70. The molecule has 5 nitrogen and oxygen atoms in total. The van der Waals surface area contributed by atoms with Crippen molar-refractivity contribution in [1.82, 2.24) is 20.4 Å². The quantitative estimate of drug-likeness (QED) is 0.686. The lowest BCUT2D eigenvalue weighted by Crippen LogP contribution is -2.36. The van der Waals surface area contributed by atoms with Crippen LogP contribution in [0.1, 0.15) is 22.3 Å². The van der Waals surface area contributed by atoms with Gasteiger partial charge in [-0.25, -0.2) is 4.68 Å². The average molecular weight is 399 g/mol. The van der Waals surface area contributed by atoms with Crippen LogP contribution < -0.4 is 10.6 Å². The number of hydrogen-bond donors (Lipinski definition) is 2. The third-order valence-electron chi connectivity index (χ3n) is 3.88. The maximum absolute atomic E-state index is 12.4. The van der Waals surface area contributed by atoms with Gasteiger partial charge in [0.1, 0.15) is 4.83 Å². The van der Waals surface area contributed by atoms with E-state index >= 15 is 0 Å². The lowest BCUT2D eigenvalue weighted by atomic mass is 10.3. The summed E-state index contributed by atoms with van der Waals surface area (Å²) in [6, 6.07) is 9.67. The standard InChI is InChI=1S/C17H19ClN4OS.ClH/c1-10(19-3)9-20-16(23)15-8-14-11(2)21-22(17(14)24-15)13-6-4-5-12(18)7-13;/h4-8,10,19H,9H2,1-3H3,(H,20,23);1H. The van der Waals surface area contributed by atoms with Crippen LogP contribution in [0.2, 0.25) is 5.02 Å². The van der Waals surface area contributed by atoms with E-state index in [4.69, 9.17) is 11.6 Å². The number of rotatable bonds is 5. The van der Waals surface area contributed by atoms with Crippen LogP contribution in [0.4, 0.5) is 0 Å². The van der Waals surface area contributed by atoms with Gasteiger partial charge in [0.05, 0.1) is 16.3 Å². The number of carbonyl (C=O) groups is 1. The van der Waals surface area contributed by atoms with Crippen molar-refractivity contribution in [2.45, 2.75) is 19.9 Å². The van der Waals surface area contributed by atoms with E-state index < -0.39 is 0 Å². The van der Waals surface area contributed by atoms with Crippen molar-refractivity contribution in [2.75, 3.05) is 13.6 Å². The van der Waals surface area contributed by atoms with E-state index in [1.54, 1.807) is 0 Å². The van der Waals surface area contributed by atoms with Gasteiger partial charge >= 0.3 is 0 Å². The summed E-state index contributed by atoms with van der Waals surface area (Å²) in [6.45, 7) is 4.55. The van der Waals surface area contributed by atoms with Gasteiger partial charge in [0.25, 0.3) is 5.91 Å². The zero-order valence-electron chi connectivity index (χ0n) is 14.2. The van der Waals surface area contributed by atoms with Crippen LogP contribution in [0.15, 0.2) is 30.3 Å². The number of nitrogens with one attached hydrogen (secondary N) is 2. The van der Waals surface area contributed by atoms with Crippen LogP contribution >= 0.6 is 35.3 Å². The summed E-state index contributed by atoms with van der Waals surface area (Å²) in [5.74, 6) is -0.0599. The molecule has 2 aromatic heterocycles. The molecule has 1 aromatic carbocycles. The molecule has 1 atom stereocenters. The third kappa shape index (κ3) is 4.15. The lowest BCUT2D eigenvalue weighted by Gasteiger charge is -2.10. The third-order valence-corrected chi connectivity index (χ3v) is 5.23. The summed E-state index contributed by atoms with van der Waals surface area (Å²) < 4.78 is 1.84. The molecule has 0 radical (unpaired) electrons. The molecule has 0 aliphatic heterocycles. The van der Waals surface area contributed by atoms with Crippen LogP contribution in [0.25, 0.3) is 15.9 Å². The number of thiophene rings is 1. The van der Waals surface area contributed by atoms with Crippen LogP contribution in [0.5, 0.6) is 0 Å². The number of aromatic nitrogens is 2. The van der Waals surface area contributed by atoms with Crippen LogP contribution in [0.3, 0.4) is 0 Å². The highest BCUT2D eigenvalue weighted by Crippen LogP contribution is 2.30. The Hall–Kier alpha value is -1.60. The Morgan fingerprint density at radius 3 is 2.84 bits per heavy atom. The molecule has 0 saturated carbocycles. The second kappa shape index (κ2) is 8.19. The van der Waals surface area contributed by atoms with Crippen molar-refractivity contribution in [3.63, 3.8) is 0 Å². The molecule has 3 rings (SSSR count). The first-order chi connectivity index (χ1) is 11.5. The van der Waals surface area contributed by atoms with Crippen LogP contribution in [-0.4, -0.2) is 35.3 Å². The number of carbonyl (C=O) groups excluding carboxylic acids is 1. The van der Waals surface area contributed by atoms with Crippen molar-refractivity contribution in [2.24, 2.45) is 0 Å². The zero-order valence-corrected chi connectivity index (χ0v) is 16.6. The number of halogens is 2. The van der Waals surface area contributed by atoms with Crippen LogP contribution in [0, 0.1) is 6.92 Å². The Labute approximate surface area is 161 Å². The summed E-state index contributed by atoms with van der Waals surface area (Å²) in [4.78, 5) is 14.0. The minimum atomic E-state index is -0.0599. The van der Waals surface area contributed by atoms with E-state index in [1.807, 2.05) is 55.9 Å². The Bertz CT molecular complexity index is 890. The number of aryl methyl sites for hydroxylation is 1. The largest absolute Gasteiger partial charge is 0.350 e. The van der Waals surface area contributed by atoms with Gasteiger partial charge in [-0.15, -0.1) is 23.7 Å². The molecule has 25 heavy (non-hydrogen) atoms. The highest BCUT2D eigenvalue weighted by atomic mass is 35.5. The van der Waals surface area contributed by atoms with Crippen LogP contribution in [-0.2, 0) is 0 Å².